The van der Waals surface area contributed by atoms with Gasteiger partial charge in [0.1, 0.15) is 11.5 Å². The lowest BCUT2D eigenvalue weighted by Gasteiger charge is -2.07. The average molecular weight is 565 g/mol. The number of methoxy groups -OCH3 is 2. The Morgan fingerprint density at radius 3 is 1.24 bits per heavy atom. The number of aliphatic imine (C=N–C) groups is 2. The summed E-state index contributed by atoms with van der Waals surface area (Å²) in [5, 5.41) is 0. The first-order chi connectivity index (χ1) is 20.5. The maximum Gasteiger partial charge on any atom is 0.338 e. The monoisotopic (exact) mass is 564 g/mol. The van der Waals surface area contributed by atoms with Crippen LogP contribution in [0.2, 0.25) is 0 Å². The molecule has 0 aliphatic carbocycles. The summed E-state index contributed by atoms with van der Waals surface area (Å²) in [6.45, 7) is 0.462. The third-order valence-electron chi connectivity index (χ3n) is 6.17. The van der Waals surface area contributed by atoms with E-state index in [0.717, 1.165) is 34.0 Å². The van der Waals surface area contributed by atoms with Crippen LogP contribution >= 0.6 is 0 Å². The molecule has 8 heteroatoms. The summed E-state index contributed by atoms with van der Waals surface area (Å²) < 4.78 is 21.0. The standard InChI is InChI=1S/C34H32N2O6/c1-39-31-17-5-25(6-18-31)23-35-29-13-9-27(10-14-29)33(37)41-21-3-4-22-42-34(38)28-11-15-30(16-12-28)36-24-26-7-19-32(40-2)20-8-26/h5-20,23-24H,3-4,21-22H2,1-2H3. The number of hydrogen-bond acceptors (Lipinski definition) is 8. The SMILES string of the molecule is COc1ccc(C=Nc2ccc(C(=O)OCCCCOC(=O)c3ccc(N=Cc4ccc(OC)cc4)cc3)cc2)cc1. The van der Waals surface area contributed by atoms with Gasteiger partial charge in [0, 0.05) is 12.4 Å². The summed E-state index contributed by atoms with van der Waals surface area (Å²) in [5.41, 5.74) is 4.21. The Labute approximate surface area is 245 Å². The van der Waals surface area contributed by atoms with Gasteiger partial charge >= 0.3 is 11.9 Å². The molecule has 214 valence electrons. The van der Waals surface area contributed by atoms with Crippen molar-refractivity contribution in [3.8, 4) is 11.5 Å². The molecule has 0 saturated carbocycles. The number of carbonyl (C=O) groups is 2. The van der Waals surface area contributed by atoms with Crippen molar-refractivity contribution in [2.24, 2.45) is 9.98 Å². The normalized spacial score (nSPS) is 11.0. The fourth-order valence-electron chi connectivity index (χ4n) is 3.75. The van der Waals surface area contributed by atoms with Crippen LogP contribution in [-0.2, 0) is 9.47 Å². The zero-order chi connectivity index (χ0) is 29.6. The van der Waals surface area contributed by atoms with E-state index in [2.05, 4.69) is 9.98 Å². The second kappa shape index (κ2) is 15.5. The first-order valence-corrected chi connectivity index (χ1v) is 13.4. The van der Waals surface area contributed by atoms with Crippen LogP contribution in [0.5, 0.6) is 11.5 Å². The van der Waals surface area contributed by atoms with Crippen molar-refractivity contribution in [2.75, 3.05) is 27.4 Å². The summed E-state index contributed by atoms with van der Waals surface area (Å²) in [6, 6.07) is 28.9. The zero-order valence-electron chi connectivity index (χ0n) is 23.6. The highest BCUT2D eigenvalue weighted by Crippen LogP contribution is 2.17. The Hall–Kier alpha value is -5.24. The van der Waals surface area contributed by atoms with Crippen molar-refractivity contribution >= 4 is 35.7 Å². The van der Waals surface area contributed by atoms with Crippen LogP contribution in [0, 0.1) is 0 Å². The van der Waals surface area contributed by atoms with E-state index in [0.29, 0.717) is 24.0 Å². The van der Waals surface area contributed by atoms with E-state index >= 15 is 0 Å². The van der Waals surface area contributed by atoms with E-state index < -0.39 is 11.9 Å². The molecule has 0 saturated heterocycles. The number of nitrogens with zero attached hydrogens (tertiary/aromatic N) is 2. The molecule has 0 atom stereocenters. The van der Waals surface area contributed by atoms with Crippen molar-refractivity contribution in [3.63, 3.8) is 0 Å². The Bertz CT molecular complexity index is 1380. The minimum Gasteiger partial charge on any atom is -0.497 e. The van der Waals surface area contributed by atoms with Gasteiger partial charge in [-0.2, -0.15) is 0 Å². The van der Waals surface area contributed by atoms with Crippen molar-refractivity contribution in [2.45, 2.75) is 12.8 Å². The predicted octanol–water partition coefficient (Wildman–Crippen LogP) is 7.00. The van der Waals surface area contributed by atoms with Gasteiger partial charge < -0.3 is 18.9 Å². The first-order valence-electron chi connectivity index (χ1n) is 13.4. The Morgan fingerprint density at radius 2 is 0.905 bits per heavy atom. The minimum atomic E-state index is -0.410. The lowest BCUT2D eigenvalue weighted by atomic mass is 10.2. The van der Waals surface area contributed by atoms with Crippen LogP contribution < -0.4 is 9.47 Å². The molecule has 0 amide bonds. The molecule has 0 fully saturated rings. The van der Waals surface area contributed by atoms with E-state index in [4.69, 9.17) is 18.9 Å². The van der Waals surface area contributed by atoms with Crippen LogP contribution in [0.25, 0.3) is 0 Å². The number of esters is 2. The quantitative estimate of drug-likeness (QED) is 0.0986. The van der Waals surface area contributed by atoms with E-state index in [1.807, 2.05) is 48.5 Å². The summed E-state index contributed by atoms with van der Waals surface area (Å²) in [7, 11) is 3.25. The maximum absolute atomic E-state index is 12.3. The highest BCUT2D eigenvalue weighted by atomic mass is 16.5. The highest BCUT2D eigenvalue weighted by molar-refractivity contribution is 5.90. The highest BCUT2D eigenvalue weighted by Gasteiger charge is 2.09. The average Bonchev–Trinajstić information content (AvgIpc) is 3.05. The predicted molar refractivity (Wildman–Crippen MR) is 163 cm³/mol. The van der Waals surface area contributed by atoms with E-state index in [-0.39, 0.29) is 13.2 Å². The maximum atomic E-state index is 12.3. The van der Waals surface area contributed by atoms with Crippen LogP contribution in [0.1, 0.15) is 44.7 Å². The largest absolute Gasteiger partial charge is 0.497 e. The number of hydrogen-bond donors (Lipinski definition) is 0. The molecule has 0 aliphatic heterocycles. The van der Waals surface area contributed by atoms with Crippen LogP contribution in [0.15, 0.2) is 107 Å². The molecule has 0 radical (unpaired) electrons. The van der Waals surface area contributed by atoms with Crippen molar-refractivity contribution in [1.29, 1.82) is 0 Å². The van der Waals surface area contributed by atoms with Gasteiger partial charge in [0.25, 0.3) is 0 Å². The van der Waals surface area contributed by atoms with Crippen LogP contribution in [-0.4, -0.2) is 51.8 Å². The number of carbonyl (C=O) groups excluding carboxylic acids is 2. The van der Waals surface area contributed by atoms with E-state index in [9.17, 15) is 9.59 Å². The molecule has 8 nitrogen and oxygen atoms in total. The Morgan fingerprint density at radius 1 is 0.548 bits per heavy atom. The number of benzene rings is 4. The number of unbranched alkanes of at least 4 members (excludes halogenated alkanes) is 1. The van der Waals surface area contributed by atoms with E-state index in [1.54, 1.807) is 75.2 Å². The van der Waals surface area contributed by atoms with Crippen molar-refractivity contribution < 1.29 is 28.5 Å². The number of ether oxygens (including phenoxy) is 4. The molecule has 0 heterocycles. The first kappa shape index (κ1) is 29.7. The van der Waals surface area contributed by atoms with Crippen molar-refractivity contribution in [3.05, 3.63) is 119 Å². The molecule has 0 N–H and O–H groups in total. The van der Waals surface area contributed by atoms with Crippen LogP contribution in [0.3, 0.4) is 0 Å². The molecule has 0 unspecified atom stereocenters. The van der Waals surface area contributed by atoms with Crippen LogP contribution in [0.4, 0.5) is 11.4 Å². The Balaban J connectivity index is 1.12. The van der Waals surface area contributed by atoms with Gasteiger partial charge in [-0.1, -0.05) is 0 Å². The lowest BCUT2D eigenvalue weighted by Crippen LogP contribution is -2.09. The molecule has 42 heavy (non-hydrogen) atoms. The van der Waals surface area contributed by atoms with Crippen molar-refractivity contribution in [1.82, 2.24) is 0 Å². The van der Waals surface area contributed by atoms with Gasteiger partial charge in [-0.25, -0.2) is 9.59 Å². The molecular formula is C34H32N2O6. The summed E-state index contributed by atoms with van der Waals surface area (Å²) >= 11 is 0. The lowest BCUT2D eigenvalue weighted by molar-refractivity contribution is 0.0432. The Kier molecular flexibility index (Phi) is 11.0. The molecule has 4 aromatic rings. The number of rotatable bonds is 13. The van der Waals surface area contributed by atoms with Gasteiger partial charge in [-0.05, 0) is 121 Å². The van der Waals surface area contributed by atoms with Gasteiger partial charge in [-0.15, -0.1) is 0 Å². The third kappa shape index (κ3) is 9.16. The molecule has 0 bridgehead atoms. The molecule has 4 aromatic carbocycles. The molecule has 0 aromatic heterocycles. The van der Waals surface area contributed by atoms with E-state index in [1.165, 1.54) is 0 Å². The van der Waals surface area contributed by atoms with Gasteiger partial charge in [-0.3, -0.25) is 9.98 Å². The fourth-order valence-corrected chi connectivity index (χ4v) is 3.75. The summed E-state index contributed by atoms with van der Waals surface area (Å²) in [5.74, 6) is 0.747. The van der Waals surface area contributed by atoms with Gasteiger partial charge in [0.05, 0.1) is 49.9 Å². The minimum absolute atomic E-state index is 0.231. The van der Waals surface area contributed by atoms with Gasteiger partial charge in [0.2, 0.25) is 0 Å². The molecular weight excluding hydrogens is 532 g/mol. The third-order valence-corrected chi connectivity index (χ3v) is 6.17. The molecule has 4 rings (SSSR count). The second-order valence-electron chi connectivity index (χ2n) is 9.14. The summed E-state index contributed by atoms with van der Waals surface area (Å²) in [6.07, 6.45) is 4.63. The summed E-state index contributed by atoms with van der Waals surface area (Å²) in [4.78, 5) is 33.5. The topological polar surface area (TPSA) is 95.8 Å². The smallest absolute Gasteiger partial charge is 0.338 e. The molecule has 0 aliphatic rings. The fraction of sp³-hybridized carbons (Fsp3) is 0.176. The molecule has 0 spiro atoms. The second-order valence-corrected chi connectivity index (χ2v) is 9.14. The van der Waals surface area contributed by atoms with Gasteiger partial charge in [0.15, 0.2) is 0 Å². The zero-order valence-corrected chi connectivity index (χ0v) is 23.6.